The van der Waals surface area contributed by atoms with Crippen molar-refractivity contribution in [3.05, 3.63) is 35.4 Å². The van der Waals surface area contributed by atoms with Crippen LogP contribution in [0.2, 0.25) is 0 Å². The van der Waals surface area contributed by atoms with Crippen LogP contribution < -0.4 is 0 Å². The van der Waals surface area contributed by atoms with Gasteiger partial charge in [-0.1, -0.05) is 12.1 Å². The van der Waals surface area contributed by atoms with Crippen LogP contribution in [0.5, 0.6) is 0 Å². The van der Waals surface area contributed by atoms with Crippen LogP contribution in [0.1, 0.15) is 24.8 Å². The van der Waals surface area contributed by atoms with Crippen LogP contribution in [0, 0.1) is 11.6 Å². The summed E-state index contributed by atoms with van der Waals surface area (Å²) in [5.74, 6) is -1.49. The Bertz CT molecular complexity index is 659. The van der Waals surface area contributed by atoms with Gasteiger partial charge in [0.15, 0.2) is 21.5 Å². The molecule has 0 unspecified atom stereocenters. The Morgan fingerprint density at radius 2 is 2.09 bits per heavy atom. The van der Waals surface area contributed by atoms with Gasteiger partial charge in [0.25, 0.3) is 0 Å². The highest BCUT2D eigenvalue weighted by Crippen LogP contribution is 2.24. The Morgan fingerprint density at radius 3 is 2.74 bits per heavy atom. The number of benzene rings is 1. The molecule has 2 aliphatic heterocycles. The molecule has 0 saturated carbocycles. The van der Waals surface area contributed by atoms with Gasteiger partial charge in [0.05, 0.1) is 17.6 Å². The van der Waals surface area contributed by atoms with E-state index in [0.717, 1.165) is 18.9 Å². The van der Waals surface area contributed by atoms with Gasteiger partial charge in [-0.15, -0.1) is 0 Å². The Balaban J connectivity index is 1.78. The van der Waals surface area contributed by atoms with Crippen LogP contribution in [0.15, 0.2) is 18.2 Å². The standard InChI is InChI=1S/C16H21F2NO3S/c17-15-5-1-3-12(16(15)18)9-19(10-14-4-2-7-22-14)13-6-8-23(20,21)11-13/h1,3,5,13-14H,2,4,6-11H2/t13-,14-/m0/s1. The largest absolute Gasteiger partial charge is 0.377 e. The Kier molecular flexibility index (Phi) is 4.98. The first-order valence-electron chi connectivity index (χ1n) is 7.93. The van der Waals surface area contributed by atoms with E-state index >= 15 is 0 Å². The van der Waals surface area contributed by atoms with Gasteiger partial charge in [-0.2, -0.15) is 0 Å². The minimum Gasteiger partial charge on any atom is -0.377 e. The summed E-state index contributed by atoms with van der Waals surface area (Å²) < 4.78 is 56.5. The van der Waals surface area contributed by atoms with E-state index in [2.05, 4.69) is 0 Å². The van der Waals surface area contributed by atoms with Crippen molar-refractivity contribution in [2.75, 3.05) is 24.7 Å². The number of rotatable bonds is 5. The monoisotopic (exact) mass is 345 g/mol. The van der Waals surface area contributed by atoms with E-state index in [1.54, 1.807) is 6.07 Å². The summed E-state index contributed by atoms with van der Waals surface area (Å²) >= 11 is 0. The molecule has 7 heteroatoms. The molecule has 0 N–H and O–H groups in total. The SMILES string of the molecule is O=S1(=O)CC[C@H](N(Cc2cccc(F)c2F)C[C@@H]2CCCO2)C1. The normalized spacial score (nSPS) is 26.9. The molecule has 1 aromatic rings. The number of hydrogen-bond donors (Lipinski definition) is 0. The second kappa shape index (κ2) is 6.83. The van der Waals surface area contributed by atoms with Crippen LogP contribution in [0.4, 0.5) is 8.78 Å². The third kappa shape index (κ3) is 4.08. The van der Waals surface area contributed by atoms with Crippen molar-refractivity contribution >= 4 is 9.84 Å². The maximum Gasteiger partial charge on any atom is 0.163 e. The van der Waals surface area contributed by atoms with Crippen molar-refractivity contribution in [2.45, 2.75) is 38.0 Å². The summed E-state index contributed by atoms with van der Waals surface area (Å²) in [6, 6.07) is 3.95. The lowest BCUT2D eigenvalue weighted by Gasteiger charge is -2.30. The average Bonchev–Trinajstić information content (AvgIpc) is 3.12. The molecule has 0 amide bonds. The fourth-order valence-corrected chi connectivity index (χ4v) is 5.11. The number of ether oxygens (including phenoxy) is 1. The molecule has 2 fully saturated rings. The first kappa shape index (κ1) is 16.8. The van der Waals surface area contributed by atoms with Gasteiger partial charge in [0, 0.05) is 31.3 Å². The molecule has 128 valence electrons. The van der Waals surface area contributed by atoms with E-state index in [9.17, 15) is 17.2 Å². The van der Waals surface area contributed by atoms with E-state index in [0.29, 0.717) is 19.6 Å². The lowest BCUT2D eigenvalue weighted by atomic mass is 10.1. The van der Waals surface area contributed by atoms with Gasteiger partial charge in [0.2, 0.25) is 0 Å². The highest BCUT2D eigenvalue weighted by molar-refractivity contribution is 7.91. The second-order valence-electron chi connectivity index (χ2n) is 6.33. The molecule has 0 spiro atoms. The summed E-state index contributed by atoms with van der Waals surface area (Å²) in [4.78, 5) is 1.94. The Labute approximate surface area is 135 Å². The van der Waals surface area contributed by atoms with E-state index in [4.69, 9.17) is 4.74 Å². The molecule has 0 aliphatic carbocycles. The highest BCUT2D eigenvalue weighted by Gasteiger charge is 2.34. The van der Waals surface area contributed by atoms with Crippen LogP contribution in [0.25, 0.3) is 0 Å². The Morgan fingerprint density at radius 1 is 1.26 bits per heavy atom. The topological polar surface area (TPSA) is 46.6 Å². The lowest BCUT2D eigenvalue weighted by molar-refractivity contribution is 0.0569. The van der Waals surface area contributed by atoms with Crippen molar-refractivity contribution in [1.29, 1.82) is 0 Å². The molecule has 3 rings (SSSR count). The van der Waals surface area contributed by atoms with Crippen molar-refractivity contribution in [3.63, 3.8) is 0 Å². The van der Waals surface area contributed by atoms with Gasteiger partial charge in [-0.3, -0.25) is 4.90 Å². The minimum atomic E-state index is -3.03. The van der Waals surface area contributed by atoms with E-state index in [-0.39, 0.29) is 35.8 Å². The van der Waals surface area contributed by atoms with Crippen molar-refractivity contribution in [2.24, 2.45) is 0 Å². The van der Waals surface area contributed by atoms with Gasteiger partial charge in [0.1, 0.15) is 0 Å². The first-order valence-corrected chi connectivity index (χ1v) is 9.76. The molecule has 0 aromatic heterocycles. The molecule has 2 aliphatic rings. The van der Waals surface area contributed by atoms with Gasteiger partial charge < -0.3 is 4.74 Å². The third-order valence-electron chi connectivity index (χ3n) is 4.59. The molecular formula is C16H21F2NO3S. The summed E-state index contributed by atoms with van der Waals surface area (Å²) in [6.07, 6.45) is 2.47. The summed E-state index contributed by atoms with van der Waals surface area (Å²) in [5.41, 5.74) is 0.257. The number of sulfone groups is 1. The molecular weight excluding hydrogens is 324 g/mol. The Hall–Kier alpha value is -1.05. The lowest BCUT2D eigenvalue weighted by Crippen LogP contribution is -2.41. The van der Waals surface area contributed by atoms with Crippen LogP contribution in [-0.4, -0.2) is 50.1 Å². The molecule has 2 heterocycles. The molecule has 2 atom stereocenters. The van der Waals surface area contributed by atoms with Gasteiger partial charge >= 0.3 is 0 Å². The number of halogens is 2. The zero-order valence-electron chi connectivity index (χ0n) is 12.9. The molecule has 1 aromatic carbocycles. The smallest absolute Gasteiger partial charge is 0.163 e. The quantitative estimate of drug-likeness (QED) is 0.820. The number of hydrogen-bond acceptors (Lipinski definition) is 4. The second-order valence-corrected chi connectivity index (χ2v) is 8.56. The number of nitrogens with zero attached hydrogens (tertiary/aromatic N) is 1. The molecule has 0 radical (unpaired) electrons. The average molecular weight is 345 g/mol. The molecule has 4 nitrogen and oxygen atoms in total. The molecule has 2 saturated heterocycles. The van der Waals surface area contributed by atoms with Crippen molar-refractivity contribution < 1.29 is 21.9 Å². The van der Waals surface area contributed by atoms with Crippen molar-refractivity contribution in [3.8, 4) is 0 Å². The van der Waals surface area contributed by atoms with Crippen LogP contribution in [0.3, 0.4) is 0 Å². The maximum absolute atomic E-state index is 14.0. The maximum atomic E-state index is 14.0. The first-order chi connectivity index (χ1) is 10.9. The van der Waals surface area contributed by atoms with E-state index < -0.39 is 21.5 Å². The molecule has 0 bridgehead atoms. The zero-order valence-corrected chi connectivity index (χ0v) is 13.7. The van der Waals surface area contributed by atoms with Crippen LogP contribution >= 0.6 is 0 Å². The summed E-state index contributed by atoms with van der Waals surface area (Å²) in [5, 5.41) is 0. The predicted molar refractivity (Wildman–Crippen MR) is 82.8 cm³/mol. The third-order valence-corrected chi connectivity index (χ3v) is 6.34. The van der Waals surface area contributed by atoms with Crippen molar-refractivity contribution in [1.82, 2.24) is 4.90 Å². The zero-order chi connectivity index (χ0) is 16.4. The summed E-state index contributed by atoms with van der Waals surface area (Å²) in [6.45, 7) is 1.45. The summed E-state index contributed by atoms with van der Waals surface area (Å²) in [7, 11) is -3.03. The predicted octanol–water partition coefficient (Wildman–Crippen LogP) is 2.13. The van der Waals surface area contributed by atoms with Gasteiger partial charge in [-0.05, 0) is 25.3 Å². The highest BCUT2D eigenvalue weighted by atomic mass is 32.2. The molecule has 23 heavy (non-hydrogen) atoms. The van der Waals surface area contributed by atoms with E-state index in [1.807, 2.05) is 4.90 Å². The fourth-order valence-electron chi connectivity index (χ4n) is 3.35. The fraction of sp³-hybridized carbons (Fsp3) is 0.625. The van der Waals surface area contributed by atoms with E-state index in [1.165, 1.54) is 6.07 Å². The minimum absolute atomic E-state index is 0.0370. The van der Waals surface area contributed by atoms with Gasteiger partial charge in [-0.25, -0.2) is 17.2 Å². The van der Waals surface area contributed by atoms with Crippen LogP contribution in [-0.2, 0) is 21.1 Å².